The van der Waals surface area contributed by atoms with Crippen molar-refractivity contribution in [1.82, 2.24) is 0 Å². The number of hydrogen-bond donors (Lipinski definition) is 1. The Kier molecular flexibility index (Phi) is 5.40. The van der Waals surface area contributed by atoms with Gasteiger partial charge >= 0.3 is 0 Å². The second-order valence-corrected chi connectivity index (χ2v) is 6.13. The molecule has 0 aliphatic carbocycles. The lowest BCUT2D eigenvalue weighted by atomic mass is 9.97. The third-order valence-electron chi connectivity index (χ3n) is 3.44. The summed E-state index contributed by atoms with van der Waals surface area (Å²) >= 11 is 6.24. The summed E-state index contributed by atoms with van der Waals surface area (Å²) in [6.45, 7) is 9.06. The van der Waals surface area contributed by atoms with Crippen LogP contribution in [0.2, 0.25) is 5.02 Å². The molecule has 0 aliphatic heterocycles. The Morgan fingerprint density at radius 2 is 1.96 bits per heavy atom. The second-order valence-electron chi connectivity index (χ2n) is 5.72. The van der Waals surface area contributed by atoms with Gasteiger partial charge in [0.1, 0.15) is 0 Å². The van der Waals surface area contributed by atoms with Gasteiger partial charge in [-0.25, -0.2) is 0 Å². The summed E-state index contributed by atoms with van der Waals surface area (Å²) in [5.74, 6) is 0.451. The molecule has 0 aliphatic rings. The molecule has 0 unspecified atom stereocenters. The molecule has 120 valence electrons. The zero-order valence-corrected chi connectivity index (χ0v) is 13.9. The summed E-state index contributed by atoms with van der Waals surface area (Å²) in [5, 5.41) is 15.0. The molecule has 2 rings (SSSR count). The lowest BCUT2D eigenvalue weighted by Crippen LogP contribution is -2.10. The van der Waals surface area contributed by atoms with Crippen molar-refractivity contribution in [3.8, 4) is 0 Å². The van der Waals surface area contributed by atoms with Gasteiger partial charge in [0.2, 0.25) is 0 Å². The lowest BCUT2D eigenvalue weighted by molar-refractivity contribution is -0.384. The molecule has 0 saturated heterocycles. The molecule has 5 heteroatoms. The zero-order chi connectivity index (χ0) is 17.0. The summed E-state index contributed by atoms with van der Waals surface area (Å²) in [7, 11) is 0. The van der Waals surface area contributed by atoms with Gasteiger partial charge in [-0.1, -0.05) is 50.2 Å². The van der Waals surface area contributed by atoms with E-state index in [1.54, 1.807) is 12.1 Å². The van der Waals surface area contributed by atoms with Crippen LogP contribution in [0, 0.1) is 16.0 Å². The van der Waals surface area contributed by atoms with E-state index in [2.05, 4.69) is 25.7 Å². The van der Waals surface area contributed by atoms with Crippen LogP contribution in [0.4, 0.5) is 11.4 Å². The summed E-state index contributed by atoms with van der Waals surface area (Å²) in [6, 6.07) is 12.1. The van der Waals surface area contributed by atoms with E-state index in [1.807, 2.05) is 18.2 Å². The normalized spacial score (nSPS) is 10.6. The van der Waals surface area contributed by atoms with Crippen LogP contribution in [0.1, 0.15) is 25.0 Å². The first kappa shape index (κ1) is 17.0. The SMILES string of the molecule is C=C(c1ccccc1Cl)c1cc([N+](=O)[O-])ccc1NCC(C)C. The zero-order valence-electron chi connectivity index (χ0n) is 13.2. The number of hydrogen-bond acceptors (Lipinski definition) is 3. The van der Waals surface area contributed by atoms with Gasteiger partial charge in [-0.15, -0.1) is 0 Å². The fourth-order valence-electron chi connectivity index (χ4n) is 2.21. The first-order chi connectivity index (χ1) is 10.9. The highest BCUT2D eigenvalue weighted by Crippen LogP contribution is 2.34. The standard InChI is InChI=1S/C18H19ClN2O2/c1-12(2)11-20-18-9-8-14(21(22)23)10-16(18)13(3)15-6-4-5-7-17(15)19/h4-10,12,20H,3,11H2,1-2H3. The van der Waals surface area contributed by atoms with Crippen LogP contribution < -0.4 is 5.32 Å². The minimum Gasteiger partial charge on any atom is -0.384 e. The summed E-state index contributed by atoms with van der Waals surface area (Å²) in [6.07, 6.45) is 0. The maximum atomic E-state index is 11.1. The number of nitro benzene ring substituents is 1. The number of benzene rings is 2. The van der Waals surface area contributed by atoms with Crippen molar-refractivity contribution in [3.05, 3.63) is 75.3 Å². The van der Waals surface area contributed by atoms with E-state index in [4.69, 9.17) is 11.6 Å². The largest absolute Gasteiger partial charge is 0.384 e. The molecule has 0 atom stereocenters. The minimum absolute atomic E-state index is 0.0308. The number of halogens is 1. The molecule has 0 heterocycles. The quantitative estimate of drug-likeness (QED) is 0.571. The Morgan fingerprint density at radius 1 is 1.26 bits per heavy atom. The first-order valence-corrected chi connectivity index (χ1v) is 7.74. The highest BCUT2D eigenvalue weighted by molar-refractivity contribution is 6.32. The smallest absolute Gasteiger partial charge is 0.270 e. The summed E-state index contributed by atoms with van der Waals surface area (Å²) < 4.78 is 0. The molecule has 23 heavy (non-hydrogen) atoms. The molecule has 0 aromatic heterocycles. The molecule has 0 saturated carbocycles. The highest BCUT2D eigenvalue weighted by Gasteiger charge is 2.15. The molecule has 0 radical (unpaired) electrons. The number of nitrogens with one attached hydrogen (secondary N) is 1. The highest BCUT2D eigenvalue weighted by atomic mass is 35.5. The van der Waals surface area contributed by atoms with Crippen LogP contribution in [0.3, 0.4) is 0 Å². The third-order valence-corrected chi connectivity index (χ3v) is 3.77. The third kappa shape index (κ3) is 4.11. The maximum absolute atomic E-state index is 11.1. The van der Waals surface area contributed by atoms with Gasteiger partial charge in [-0.05, 0) is 23.6 Å². The number of nitro groups is 1. The van der Waals surface area contributed by atoms with E-state index in [0.717, 1.165) is 17.8 Å². The predicted molar refractivity (Wildman–Crippen MR) is 96.0 cm³/mol. The Hall–Kier alpha value is -2.33. The van der Waals surface area contributed by atoms with Gasteiger partial charge in [0.25, 0.3) is 5.69 Å². The van der Waals surface area contributed by atoms with E-state index < -0.39 is 4.92 Å². The van der Waals surface area contributed by atoms with Gasteiger partial charge in [0.05, 0.1) is 4.92 Å². The van der Waals surface area contributed by atoms with Crippen molar-refractivity contribution in [2.24, 2.45) is 5.92 Å². The summed E-state index contributed by atoms with van der Waals surface area (Å²) in [5.41, 5.74) is 2.96. The molecule has 2 aromatic carbocycles. The minimum atomic E-state index is -0.407. The first-order valence-electron chi connectivity index (χ1n) is 7.36. The van der Waals surface area contributed by atoms with E-state index in [0.29, 0.717) is 22.1 Å². The molecule has 0 spiro atoms. The van der Waals surface area contributed by atoms with Gasteiger partial charge in [0, 0.05) is 40.5 Å². The van der Waals surface area contributed by atoms with Gasteiger partial charge < -0.3 is 5.32 Å². The number of nitrogens with zero attached hydrogens (tertiary/aromatic N) is 1. The molecule has 2 aromatic rings. The average molecular weight is 331 g/mol. The van der Waals surface area contributed by atoms with Gasteiger partial charge in [-0.2, -0.15) is 0 Å². The van der Waals surface area contributed by atoms with Crippen LogP contribution in [0.5, 0.6) is 0 Å². The van der Waals surface area contributed by atoms with Crippen molar-refractivity contribution < 1.29 is 4.92 Å². The Labute approximate surface area is 140 Å². The predicted octanol–water partition coefficient (Wildman–Crippen LogP) is 5.38. The van der Waals surface area contributed by atoms with Crippen LogP contribution in [-0.4, -0.2) is 11.5 Å². The topological polar surface area (TPSA) is 55.2 Å². The van der Waals surface area contributed by atoms with E-state index in [9.17, 15) is 10.1 Å². The van der Waals surface area contributed by atoms with Crippen LogP contribution in [-0.2, 0) is 0 Å². The van der Waals surface area contributed by atoms with Crippen molar-refractivity contribution in [3.63, 3.8) is 0 Å². The van der Waals surface area contributed by atoms with E-state index >= 15 is 0 Å². The number of non-ortho nitro benzene ring substituents is 1. The van der Waals surface area contributed by atoms with Crippen molar-refractivity contribution in [1.29, 1.82) is 0 Å². The Morgan fingerprint density at radius 3 is 2.57 bits per heavy atom. The molecule has 0 bridgehead atoms. The Bertz CT molecular complexity index is 742. The number of anilines is 1. The Balaban J connectivity index is 2.48. The van der Waals surface area contributed by atoms with E-state index in [-0.39, 0.29) is 5.69 Å². The molecule has 1 N–H and O–H groups in total. The van der Waals surface area contributed by atoms with Crippen LogP contribution in [0.25, 0.3) is 5.57 Å². The monoisotopic (exact) mass is 330 g/mol. The van der Waals surface area contributed by atoms with E-state index in [1.165, 1.54) is 12.1 Å². The molecule has 4 nitrogen and oxygen atoms in total. The van der Waals surface area contributed by atoms with Crippen LogP contribution >= 0.6 is 11.6 Å². The maximum Gasteiger partial charge on any atom is 0.270 e. The van der Waals surface area contributed by atoms with Crippen molar-refractivity contribution >= 4 is 28.5 Å². The van der Waals surface area contributed by atoms with Gasteiger partial charge in [-0.3, -0.25) is 10.1 Å². The van der Waals surface area contributed by atoms with Crippen LogP contribution in [0.15, 0.2) is 49.0 Å². The van der Waals surface area contributed by atoms with Crippen molar-refractivity contribution in [2.75, 3.05) is 11.9 Å². The summed E-state index contributed by atoms with van der Waals surface area (Å²) in [4.78, 5) is 10.7. The second kappa shape index (κ2) is 7.29. The van der Waals surface area contributed by atoms with Crippen molar-refractivity contribution in [2.45, 2.75) is 13.8 Å². The molecule has 0 amide bonds. The molecule has 0 fully saturated rings. The lowest BCUT2D eigenvalue weighted by Gasteiger charge is -2.16. The average Bonchev–Trinajstić information content (AvgIpc) is 2.52. The molecular weight excluding hydrogens is 312 g/mol. The number of rotatable bonds is 6. The molecular formula is C18H19ClN2O2. The fraction of sp³-hybridized carbons (Fsp3) is 0.222. The fourth-order valence-corrected chi connectivity index (χ4v) is 2.46. The van der Waals surface area contributed by atoms with Gasteiger partial charge in [0.15, 0.2) is 0 Å².